The maximum atomic E-state index is 11.4. The molecule has 5 heteroatoms. The zero-order valence-corrected chi connectivity index (χ0v) is 7.51. The van der Waals surface area contributed by atoms with Gasteiger partial charge in [-0.05, 0) is 18.3 Å². The van der Waals surface area contributed by atoms with Crippen molar-refractivity contribution < 1.29 is 14.7 Å². The summed E-state index contributed by atoms with van der Waals surface area (Å²) in [5.41, 5.74) is 9.80. The van der Waals surface area contributed by atoms with Gasteiger partial charge in [0, 0.05) is 5.92 Å². The van der Waals surface area contributed by atoms with E-state index in [9.17, 15) is 14.7 Å². The van der Waals surface area contributed by atoms with Crippen molar-refractivity contribution in [3.8, 4) is 0 Å². The molecular formula is C9H12N2O3. The van der Waals surface area contributed by atoms with Gasteiger partial charge < -0.3 is 16.6 Å². The quantitative estimate of drug-likeness (QED) is 0.485. The lowest BCUT2D eigenvalue weighted by atomic mass is 9.88. The highest BCUT2D eigenvalue weighted by molar-refractivity contribution is 5.95. The Balaban J connectivity index is 2.09. The fraction of sp³-hybridized carbons (Fsp3) is 0.778. The number of hydrogen-bond donors (Lipinski definition) is 3. The number of primary amides is 2. The van der Waals surface area contributed by atoms with Crippen molar-refractivity contribution in [2.24, 2.45) is 40.6 Å². The topological polar surface area (TPSA) is 106 Å². The molecule has 4 bridgehead atoms. The minimum Gasteiger partial charge on any atom is -0.392 e. The highest BCUT2D eigenvalue weighted by Crippen LogP contribution is 2.81. The smallest absolute Gasteiger partial charge is 0.225 e. The molecule has 0 aromatic carbocycles. The number of hydrogen-bond acceptors (Lipinski definition) is 3. The first-order chi connectivity index (χ1) is 6.52. The van der Waals surface area contributed by atoms with E-state index < -0.39 is 29.3 Å². The number of aliphatic hydroxyl groups is 1. The average Bonchev–Trinajstić information content (AvgIpc) is 2.39. The Kier molecular flexibility index (Phi) is 1.15. The van der Waals surface area contributed by atoms with Gasteiger partial charge in [0.15, 0.2) is 0 Å². The number of aliphatic hydroxyl groups excluding tert-OH is 1. The van der Waals surface area contributed by atoms with E-state index >= 15 is 0 Å². The van der Waals surface area contributed by atoms with Gasteiger partial charge in [0.25, 0.3) is 0 Å². The molecule has 4 fully saturated rings. The fourth-order valence-electron chi connectivity index (χ4n) is 4.15. The molecule has 0 aromatic rings. The molecule has 6 unspecified atom stereocenters. The first-order valence-electron chi connectivity index (χ1n) is 4.80. The molecule has 0 spiro atoms. The summed E-state index contributed by atoms with van der Waals surface area (Å²) in [4.78, 5) is 22.6. The Morgan fingerprint density at radius 2 is 2.00 bits per heavy atom. The van der Waals surface area contributed by atoms with Crippen LogP contribution in [0.25, 0.3) is 0 Å². The van der Waals surface area contributed by atoms with E-state index in [0.717, 1.165) is 6.42 Å². The molecule has 0 aromatic heterocycles. The van der Waals surface area contributed by atoms with E-state index in [2.05, 4.69) is 0 Å². The monoisotopic (exact) mass is 196 g/mol. The summed E-state index contributed by atoms with van der Waals surface area (Å²) in [6.07, 6.45) is 0.174. The van der Waals surface area contributed by atoms with Gasteiger partial charge in [-0.2, -0.15) is 0 Å². The summed E-state index contributed by atoms with van der Waals surface area (Å²) in [6, 6.07) is 0. The lowest BCUT2D eigenvalue weighted by molar-refractivity contribution is -0.132. The van der Waals surface area contributed by atoms with Crippen molar-refractivity contribution in [2.75, 3.05) is 0 Å². The molecule has 5 nitrogen and oxygen atoms in total. The lowest BCUT2D eigenvalue weighted by Gasteiger charge is -2.17. The second kappa shape index (κ2) is 1.95. The van der Waals surface area contributed by atoms with Crippen LogP contribution in [0.5, 0.6) is 0 Å². The van der Waals surface area contributed by atoms with Crippen LogP contribution in [0.4, 0.5) is 0 Å². The van der Waals surface area contributed by atoms with Gasteiger partial charge in [-0.25, -0.2) is 0 Å². The number of rotatable bonds is 2. The van der Waals surface area contributed by atoms with Crippen molar-refractivity contribution in [1.29, 1.82) is 0 Å². The minimum atomic E-state index is -0.782. The van der Waals surface area contributed by atoms with Crippen LogP contribution >= 0.6 is 0 Å². The van der Waals surface area contributed by atoms with Crippen LogP contribution in [-0.4, -0.2) is 23.0 Å². The normalized spacial score (nSPS) is 57.4. The van der Waals surface area contributed by atoms with E-state index in [4.69, 9.17) is 11.5 Å². The molecule has 4 rings (SSSR count). The van der Waals surface area contributed by atoms with Gasteiger partial charge in [-0.15, -0.1) is 0 Å². The summed E-state index contributed by atoms with van der Waals surface area (Å²) >= 11 is 0. The van der Waals surface area contributed by atoms with E-state index in [1.54, 1.807) is 0 Å². The molecule has 4 aliphatic carbocycles. The first kappa shape index (κ1) is 8.23. The van der Waals surface area contributed by atoms with Crippen LogP contribution in [0.1, 0.15) is 6.42 Å². The highest BCUT2D eigenvalue weighted by atomic mass is 16.3. The van der Waals surface area contributed by atoms with Gasteiger partial charge >= 0.3 is 0 Å². The van der Waals surface area contributed by atoms with E-state index in [1.807, 2.05) is 0 Å². The largest absolute Gasteiger partial charge is 0.392 e. The molecule has 0 aliphatic heterocycles. The van der Waals surface area contributed by atoms with E-state index in [1.165, 1.54) is 0 Å². The summed E-state index contributed by atoms with van der Waals surface area (Å²) in [5, 5.41) is 9.77. The Hall–Kier alpha value is -1.10. The second-order valence-electron chi connectivity index (χ2n) is 4.70. The maximum absolute atomic E-state index is 11.4. The molecule has 2 amide bonds. The minimum absolute atomic E-state index is 0.0949. The van der Waals surface area contributed by atoms with Gasteiger partial charge in [-0.1, -0.05) is 0 Å². The Morgan fingerprint density at radius 1 is 1.36 bits per heavy atom. The predicted octanol–water partition coefficient (Wildman–Crippen LogP) is -1.80. The Morgan fingerprint density at radius 3 is 2.29 bits per heavy atom. The van der Waals surface area contributed by atoms with Crippen molar-refractivity contribution in [2.45, 2.75) is 12.5 Å². The summed E-state index contributed by atoms with van der Waals surface area (Å²) in [5.74, 6) is -1.59. The molecule has 76 valence electrons. The predicted molar refractivity (Wildman–Crippen MR) is 45.4 cm³/mol. The fourth-order valence-corrected chi connectivity index (χ4v) is 4.15. The van der Waals surface area contributed by atoms with Gasteiger partial charge in [0.05, 0.1) is 17.4 Å². The van der Waals surface area contributed by atoms with E-state index in [-0.39, 0.29) is 17.8 Å². The van der Waals surface area contributed by atoms with Crippen LogP contribution in [0.3, 0.4) is 0 Å². The molecule has 4 aliphatic rings. The average molecular weight is 196 g/mol. The number of carbonyl (C=O) groups is 2. The molecule has 5 N–H and O–H groups in total. The summed E-state index contributed by atoms with van der Waals surface area (Å²) in [6.45, 7) is 0. The van der Waals surface area contributed by atoms with Crippen LogP contribution < -0.4 is 11.5 Å². The lowest BCUT2D eigenvalue weighted by Crippen LogP contribution is -2.39. The molecule has 0 heterocycles. The SMILES string of the molecule is NC(=O)C1C2CC3C(C2O)C31C(N)=O. The maximum Gasteiger partial charge on any atom is 0.225 e. The number of amides is 2. The zero-order valence-electron chi connectivity index (χ0n) is 7.51. The summed E-state index contributed by atoms with van der Waals surface area (Å²) in [7, 11) is 0. The molecule has 0 radical (unpaired) electrons. The first-order valence-corrected chi connectivity index (χ1v) is 4.80. The molecule has 14 heavy (non-hydrogen) atoms. The molecule has 0 saturated heterocycles. The van der Waals surface area contributed by atoms with Gasteiger partial charge in [-0.3, -0.25) is 9.59 Å². The standard InChI is InChI=1S/C9H12N2O3/c10-7(13)4-2-1-3-5(6(2)12)9(3,4)8(11)14/h2-6,12H,1H2,(H2,10,13)(H2,11,14). The molecule has 6 atom stereocenters. The van der Waals surface area contributed by atoms with Crippen molar-refractivity contribution >= 4 is 11.8 Å². The van der Waals surface area contributed by atoms with E-state index in [0.29, 0.717) is 0 Å². The second-order valence-corrected chi connectivity index (χ2v) is 4.70. The third kappa shape index (κ3) is 0.530. The van der Waals surface area contributed by atoms with Gasteiger partial charge in [0.2, 0.25) is 11.8 Å². The summed E-state index contributed by atoms with van der Waals surface area (Å²) < 4.78 is 0. The van der Waals surface area contributed by atoms with Crippen molar-refractivity contribution in [1.82, 2.24) is 0 Å². The van der Waals surface area contributed by atoms with Crippen LogP contribution in [0, 0.1) is 29.1 Å². The number of nitrogens with two attached hydrogens (primary N) is 2. The van der Waals surface area contributed by atoms with Crippen LogP contribution in [0.15, 0.2) is 0 Å². The third-order valence-electron chi connectivity index (χ3n) is 4.50. The van der Waals surface area contributed by atoms with Crippen LogP contribution in [-0.2, 0) is 9.59 Å². The zero-order chi connectivity index (χ0) is 10.2. The highest BCUT2D eigenvalue weighted by Gasteiger charge is 2.87. The van der Waals surface area contributed by atoms with Gasteiger partial charge in [0.1, 0.15) is 0 Å². The number of carbonyl (C=O) groups excluding carboxylic acids is 2. The van der Waals surface area contributed by atoms with Crippen LogP contribution in [0.2, 0.25) is 0 Å². The Bertz CT molecular complexity index is 354. The van der Waals surface area contributed by atoms with Crippen molar-refractivity contribution in [3.63, 3.8) is 0 Å². The molecule has 4 saturated carbocycles. The molecular weight excluding hydrogens is 184 g/mol. The van der Waals surface area contributed by atoms with Crippen molar-refractivity contribution in [3.05, 3.63) is 0 Å². The third-order valence-corrected chi connectivity index (χ3v) is 4.50. The Labute approximate surface area is 80.4 Å².